The summed E-state index contributed by atoms with van der Waals surface area (Å²) >= 11 is 0. The van der Waals surface area contributed by atoms with E-state index in [0.29, 0.717) is 12.0 Å². The fourth-order valence-corrected chi connectivity index (χ4v) is 5.74. The fraction of sp³-hybridized carbons (Fsp3) is 0.533. The number of pyridine rings is 1. The summed E-state index contributed by atoms with van der Waals surface area (Å²) in [6, 6.07) is 15.7. The van der Waals surface area contributed by atoms with Gasteiger partial charge in [0.1, 0.15) is 0 Å². The normalized spacial score (nSPS) is 16.0. The zero-order valence-corrected chi connectivity index (χ0v) is 22.6. The van der Waals surface area contributed by atoms with Gasteiger partial charge in [0, 0.05) is 63.0 Å². The molecule has 1 atom stereocenters. The molecular weight excluding hydrogens is 446 g/mol. The standard InChI is InChI=1S/C30H43N5O/c1-5-35-25(3)29(24(2)32-35)23-33-16-13-28(14-17-33)30(20-26-10-7-6-8-11-26)34(18-19-36-4)22-27-12-9-15-31-21-27/h6-12,15,21,28,30H,5,13-14,16-20,22-23H2,1-4H3/t30-/m1/s1. The summed E-state index contributed by atoms with van der Waals surface area (Å²) in [5.74, 6) is 0.649. The van der Waals surface area contributed by atoms with Gasteiger partial charge in [-0.15, -0.1) is 0 Å². The van der Waals surface area contributed by atoms with Gasteiger partial charge in [-0.25, -0.2) is 0 Å². The minimum Gasteiger partial charge on any atom is -0.383 e. The molecule has 1 fully saturated rings. The molecule has 1 aromatic carbocycles. The van der Waals surface area contributed by atoms with Crippen LogP contribution in [0.25, 0.3) is 0 Å². The lowest BCUT2D eigenvalue weighted by atomic mass is 9.84. The third-order valence-corrected chi connectivity index (χ3v) is 7.84. The number of ether oxygens (including phenoxy) is 1. The topological polar surface area (TPSA) is 46.4 Å². The minimum atomic E-state index is 0.469. The first kappa shape index (κ1) is 26.5. The Bertz CT molecular complexity index is 1040. The molecule has 0 saturated carbocycles. The van der Waals surface area contributed by atoms with Crippen molar-refractivity contribution in [2.45, 2.75) is 65.7 Å². The van der Waals surface area contributed by atoms with Gasteiger partial charge in [0.2, 0.25) is 0 Å². The number of methoxy groups -OCH3 is 1. The van der Waals surface area contributed by atoms with Gasteiger partial charge in [-0.3, -0.25) is 19.5 Å². The van der Waals surface area contributed by atoms with Crippen LogP contribution in [0.3, 0.4) is 0 Å². The molecule has 194 valence electrons. The molecule has 0 bridgehead atoms. The van der Waals surface area contributed by atoms with E-state index in [-0.39, 0.29) is 0 Å². The van der Waals surface area contributed by atoms with Crippen LogP contribution in [-0.4, -0.2) is 64.0 Å². The predicted molar refractivity (Wildman–Crippen MR) is 146 cm³/mol. The van der Waals surface area contributed by atoms with Crippen molar-refractivity contribution in [3.05, 3.63) is 82.9 Å². The zero-order valence-electron chi connectivity index (χ0n) is 22.6. The molecule has 1 aliphatic rings. The van der Waals surface area contributed by atoms with Crippen LogP contribution in [-0.2, 0) is 30.8 Å². The Hall–Kier alpha value is -2.54. The Morgan fingerprint density at radius 3 is 2.44 bits per heavy atom. The van der Waals surface area contributed by atoms with Crippen LogP contribution < -0.4 is 0 Å². The maximum absolute atomic E-state index is 5.54. The maximum Gasteiger partial charge on any atom is 0.0641 e. The number of aryl methyl sites for hydroxylation is 2. The first-order chi connectivity index (χ1) is 17.6. The number of rotatable bonds is 12. The Morgan fingerprint density at radius 2 is 1.81 bits per heavy atom. The average molecular weight is 490 g/mol. The highest BCUT2D eigenvalue weighted by Crippen LogP contribution is 2.29. The molecule has 0 aliphatic carbocycles. The molecular formula is C30H43N5O. The van der Waals surface area contributed by atoms with Crippen LogP contribution in [0.15, 0.2) is 54.9 Å². The second-order valence-electron chi connectivity index (χ2n) is 10.2. The zero-order chi connectivity index (χ0) is 25.3. The molecule has 3 aromatic rings. The van der Waals surface area contributed by atoms with Crippen molar-refractivity contribution in [3.63, 3.8) is 0 Å². The van der Waals surface area contributed by atoms with Gasteiger partial charge in [-0.05, 0) is 76.2 Å². The monoisotopic (exact) mass is 489 g/mol. The molecule has 2 aromatic heterocycles. The first-order valence-electron chi connectivity index (χ1n) is 13.5. The van der Waals surface area contributed by atoms with Crippen molar-refractivity contribution >= 4 is 0 Å². The fourth-order valence-electron chi connectivity index (χ4n) is 5.74. The molecule has 6 nitrogen and oxygen atoms in total. The lowest BCUT2D eigenvalue weighted by Gasteiger charge is -2.41. The quantitative estimate of drug-likeness (QED) is 0.363. The number of benzene rings is 1. The summed E-state index contributed by atoms with van der Waals surface area (Å²) in [5, 5.41) is 4.74. The highest BCUT2D eigenvalue weighted by Gasteiger charge is 2.31. The Kier molecular flexibility index (Phi) is 9.67. The highest BCUT2D eigenvalue weighted by atomic mass is 16.5. The highest BCUT2D eigenvalue weighted by molar-refractivity contribution is 5.24. The molecule has 3 heterocycles. The largest absolute Gasteiger partial charge is 0.383 e. The van der Waals surface area contributed by atoms with Crippen molar-refractivity contribution < 1.29 is 4.74 Å². The molecule has 1 saturated heterocycles. The van der Waals surface area contributed by atoms with E-state index >= 15 is 0 Å². The van der Waals surface area contributed by atoms with Crippen molar-refractivity contribution in [3.8, 4) is 0 Å². The van der Waals surface area contributed by atoms with E-state index < -0.39 is 0 Å². The van der Waals surface area contributed by atoms with Crippen LogP contribution in [0.4, 0.5) is 0 Å². The maximum atomic E-state index is 5.54. The lowest BCUT2D eigenvalue weighted by molar-refractivity contribution is 0.0570. The summed E-state index contributed by atoms with van der Waals surface area (Å²) in [4.78, 5) is 9.65. The van der Waals surface area contributed by atoms with Crippen LogP contribution in [0.5, 0.6) is 0 Å². The van der Waals surface area contributed by atoms with Crippen LogP contribution in [0, 0.1) is 19.8 Å². The van der Waals surface area contributed by atoms with E-state index in [0.717, 1.165) is 52.3 Å². The Balaban J connectivity index is 1.49. The number of aromatic nitrogens is 3. The smallest absolute Gasteiger partial charge is 0.0641 e. The van der Waals surface area contributed by atoms with Gasteiger partial charge in [0.05, 0.1) is 12.3 Å². The van der Waals surface area contributed by atoms with Gasteiger partial charge < -0.3 is 4.74 Å². The first-order valence-corrected chi connectivity index (χ1v) is 13.5. The van der Waals surface area contributed by atoms with Gasteiger partial charge in [-0.2, -0.15) is 5.10 Å². The van der Waals surface area contributed by atoms with Crippen molar-refractivity contribution in [1.29, 1.82) is 0 Å². The number of nitrogens with zero attached hydrogens (tertiary/aromatic N) is 5. The summed E-state index contributed by atoms with van der Waals surface area (Å²) < 4.78 is 7.68. The number of likely N-dealkylation sites (tertiary alicyclic amines) is 1. The third kappa shape index (κ3) is 6.81. The summed E-state index contributed by atoms with van der Waals surface area (Å²) in [6.45, 7) is 13.3. The van der Waals surface area contributed by atoms with E-state index in [1.54, 1.807) is 7.11 Å². The summed E-state index contributed by atoms with van der Waals surface area (Å²) in [6.07, 6.45) is 7.36. The molecule has 36 heavy (non-hydrogen) atoms. The Labute approximate surface area is 217 Å². The summed E-state index contributed by atoms with van der Waals surface area (Å²) in [7, 11) is 1.80. The van der Waals surface area contributed by atoms with Gasteiger partial charge >= 0.3 is 0 Å². The molecule has 4 rings (SSSR count). The van der Waals surface area contributed by atoms with E-state index in [4.69, 9.17) is 9.84 Å². The average Bonchev–Trinajstić information content (AvgIpc) is 3.19. The van der Waals surface area contributed by atoms with Gasteiger partial charge in [0.25, 0.3) is 0 Å². The number of hydrogen-bond acceptors (Lipinski definition) is 5. The predicted octanol–water partition coefficient (Wildman–Crippen LogP) is 4.89. The number of hydrogen-bond donors (Lipinski definition) is 0. The van der Waals surface area contributed by atoms with Crippen LogP contribution in [0.1, 0.15) is 47.8 Å². The molecule has 6 heteroatoms. The molecule has 0 amide bonds. The van der Waals surface area contributed by atoms with E-state index in [1.165, 1.54) is 40.9 Å². The van der Waals surface area contributed by atoms with Gasteiger partial charge in [-0.1, -0.05) is 36.4 Å². The Morgan fingerprint density at radius 1 is 1.06 bits per heavy atom. The van der Waals surface area contributed by atoms with E-state index in [9.17, 15) is 0 Å². The van der Waals surface area contributed by atoms with Gasteiger partial charge in [0.15, 0.2) is 0 Å². The van der Waals surface area contributed by atoms with Crippen molar-refractivity contribution in [1.82, 2.24) is 24.6 Å². The van der Waals surface area contributed by atoms with Crippen LogP contribution in [0.2, 0.25) is 0 Å². The minimum absolute atomic E-state index is 0.469. The molecule has 0 radical (unpaired) electrons. The lowest BCUT2D eigenvalue weighted by Crippen LogP contribution is -2.47. The molecule has 0 N–H and O–H groups in total. The van der Waals surface area contributed by atoms with Crippen molar-refractivity contribution in [2.24, 2.45) is 5.92 Å². The second kappa shape index (κ2) is 13.1. The van der Waals surface area contributed by atoms with Crippen molar-refractivity contribution in [2.75, 3.05) is 33.4 Å². The second-order valence-corrected chi connectivity index (χ2v) is 10.2. The molecule has 1 aliphatic heterocycles. The third-order valence-electron chi connectivity index (χ3n) is 7.84. The SMILES string of the molecule is CCn1nc(C)c(CN2CCC([C@@H](Cc3ccccc3)N(CCOC)Cc3cccnc3)CC2)c1C. The van der Waals surface area contributed by atoms with E-state index in [2.05, 4.69) is 76.6 Å². The number of piperidine rings is 1. The molecule has 0 unspecified atom stereocenters. The van der Waals surface area contributed by atoms with E-state index in [1.807, 2.05) is 18.5 Å². The summed E-state index contributed by atoms with van der Waals surface area (Å²) in [5.41, 5.74) is 6.59. The molecule has 0 spiro atoms. The van der Waals surface area contributed by atoms with Crippen LogP contribution >= 0.6 is 0 Å².